The number of hydrogen-bond acceptors (Lipinski definition) is 2. The van der Waals surface area contributed by atoms with Gasteiger partial charge in [-0.2, -0.15) is 5.32 Å². The average molecular weight is 323 g/mol. The molecule has 3 nitrogen and oxygen atoms in total. The Labute approximate surface area is 143 Å². The number of carbonyl (C=O) groups is 2. The minimum atomic E-state index is -0.217. The summed E-state index contributed by atoms with van der Waals surface area (Å²) in [6.45, 7) is 2.27. The molecule has 0 aromatic rings. The summed E-state index contributed by atoms with van der Waals surface area (Å²) in [4.78, 5) is 22.4. The van der Waals surface area contributed by atoms with E-state index in [9.17, 15) is 9.59 Å². The molecular weight excluding hydrogens is 286 g/mol. The highest BCUT2D eigenvalue weighted by atomic mass is 16.2. The Morgan fingerprint density at radius 2 is 1.17 bits per heavy atom. The van der Waals surface area contributed by atoms with Gasteiger partial charge in [0.15, 0.2) is 0 Å². The fraction of sp³-hybridized carbons (Fsp3) is 0.900. The van der Waals surface area contributed by atoms with Crippen LogP contribution in [-0.2, 0) is 9.59 Å². The maximum Gasteiger partial charge on any atom is 0.252 e. The van der Waals surface area contributed by atoms with Crippen LogP contribution in [0.5, 0.6) is 0 Å². The van der Waals surface area contributed by atoms with Gasteiger partial charge >= 0.3 is 0 Å². The predicted molar refractivity (Wildman–Crippen MR) is 95.2 cm³/mol. The molecule has 1 aliphatic rings. The van der Waals surface area contributed by atoms with E-state index >= 15 is 0 Å². The Bertz CT molecular complexity index is 328. The summed E-state index contributed by atoms with van der Waals surface area (Å²) in [6, 6.07) is 0. The van der Waals surface area contributed by atoms with Crippen LogP contribution in [0.1, 0.15) is 110 Å². The molecule has 1 radical (unpaired) electrons. The van der Waals surface area contributed by atoms with Crippen LogP contribution in [0, 0.1) is 5.92 Å². The van der Waals surface area contributed by atoms with Crippen molar-refractivity contribution in [1.29, 1.82) is 0 Å². The summed E-state index contributed by atoms with van der Waals surface area (Å²) >= 11 is 0. The summed E-state index contributed by atoms with van der Waals surface area (Å²) in [5, 5.41) is 3.48. The third-order valence-corrected chi connectivity index (χ3v) is 4.91. The number of imide groups is 1. The summed E-state index contributed by atoms with van der Waals surface area (Å²) in [7, 11) is 0. The molecule has 1 rings (SSSR count). The second kappa shape index (κ2) is 13.6. The lowest BCUT2D eigenvalue weighted by Crippen LogP contribution is -2.14. The first-order valence-electron chi connectivity index (χ1n) is 10.0. The van der Waals surface area contributed by atoms with Crippen molar-refractivity contribution in [3.63, 3.8) is 0 Å². The van der Waals surface area contributed by atoms with Crippen molar-refractivity contribution in [3.05, 3.63) is 0 Å². The van der Waals surface area contributed by atoms with Gasteiger partial charge in [-0.1, -0.05) is 96.8 Å². The fourth-order valence-corrected chi connectivity index (χ4v) is 3.37. The lowest BCUT2D eigenvalue weighted by atomic mass is 9.98. The van der Waals surface area contributed by atoms with Gasteiger partial charge < -0.3 is 0 Å². The molecule has 0 aromatic carbocycles. The van der Waals surface area contributed by atoms with E-state index in [1.807, 2.05) is 0 Å². The molecule has 1 aliphatic heterocycles. The van der Waals surface area contributed by atoms with Gasteiger partial charge in [0.05, 0.1) is 0 Å². The van der Waals surface area contributed by atoms with E-state index in [0.29, 0.717) is 6.42 Å². The fourth-order valence-electron chi connectivity index (χ4n) is 3.37. The molecule has 2 amide bonds. The summed E-state index contributed by atoms with van der Waals surface area (Å²) in [6.07, 6.45) is 20.0. The largest absolute Gasteiger partial charge is 0.272 e. The monoisotopic (exact) mass is 322 g/mol. The zero-order chi connectivity index (χ0) is 16.8. The topological polar surface area (TPSA) is 48.2 Å². The van der Waals surface area contributed by atoms with Crippen molar-refractivity contribution in [1.82, 2.24) is 5.32 Å². The van der Waals surface area contributed by atoms with Crippen LogP contribution in [-0.4, -0.2) is 11.8 Å². The zero-order valence-electron chi connectivity index (χ0n) is 15.2. The molecule has 1 saturated heterocycles. The molecule has 0 saturated carbocycles. The lowest BCUT2D eigenvalue weighted by Gasteiger charge is -2.05. The Morgan fingerprint density at radius 1 is 0.739 bits per heavy atom. The second-order valence-electron chi connectivity index (χ2n) is 7.13. The van der Waals surface area contributed by atoms with Crippen molar-refractivity contribution in [3.8, 4) is 0 Å². The normalized spacial score (nSPS) is 17.7. The Balaban J connectivity index is 1.75. The highest BCUT2D eigenvalue weighted by Crippen LogP contribution is 2.20. The van der Waals surface area contributed by atoms with E-state index in [1.54, 1.807) is 0 Å². The van der Waals surface area contributed by atoms with Gasteiger partial charge in [-0.25, -0.2) is 0 Å². The molecule has 0 N–H and O–H groups in total. The van der Waals surface area contributed by atoms with E-state index in [2.05, 4.69) is 12.2 Å². The van der Waals surface area contributed by atoms with Crippen molar-refractivity contribution in [2.24, 2.45) is 5.92 Å². The molecular formula is C20H36NO2. The number of hydrogen-bond donors (Lipinski definition) is 0. The molecule has 23 heavy (non-hydrogen) atoms. The highest BCUT2D eigenvalue weighted by molar-refractivity contribution is 6.02. The number of rotatable bonds is 15. The van der Waals surface area contributed by atoms with Gasteiger partial charge in [0, 0.05) is 12.3 Å². The van der Waals surface area contributed by atoms with Gasteiger partial charge in [0.2, 0.25) is 5.91 Å². The number of unbranched alkanes of at least 4 members (excludes halogenated alkanes) is 13. The Morgan fingerprint density at radius 3 is 1.57 bits per heavy atom. The van der Waals surface area contributed by atoms with Crippen molar-refractivity contribution < 1.29 is 9.59 Å². The van der Waals surface area contributed by atoms with Gasteiger partial charge in [0.1, 0.15) is 0 Å². The lowest BCUT2D eigenvalue weighted by molar-refractivity contribution is -0.126. The van der Waals surface area contributed by atoms with E-state index in [4.69, 9.17) is 0 Å². The van der Waals surface area contributed by atoms with Crippen LogP contribution in [0.4, 0.5) is 0 Å². The third kappa shape index (κ3) is 10.5. The van der Waals surface area contributed by atoms with Crippen LogP contribution in [0.15, 0.2) is 0 Å². The first-order valence-corrected chi connectivity index (χ1v) is 10.0. The van der Waals surface area contributed by atoms with Crippen molar-refractivity contribution in [2.45, 2.75) is 110 Å². The molecule has 3 heteroatoms. The maximum absolute atomic E-state index is 11.4. The summed E-state index contributed by atoms with van der Waals surface area (Å²) in [5.74, 6) is -0.491. The molecule has 1 atom stereocenters. The quantitative estimate of drug-likeness (QED) is 0.294. The number of carbonyl (C=O) groups excluding carboxylic acids is 2. The molecule has 1 unspecified atom stereocenters. The standard InChI is InChI=1S/C20H36NO2/c1-2-3-4-5-6-7-8-9-10-11-12-13-14-15-16-18-17-19(22)21-20(18)23/h18H,2-17H2,1H3. The van der Waals surface area contributed by atoms with Crippen LogP contribution in [0.25, 0.3) is 0 Å². The van der Waals surface area contributed by atoms with E-state index in [-0.39, 0.29) is 17.7 Å². The SMILES string of the molecule is CCCCCCCCCCCCCCCCC1CC(=O)[N]C1=O. The van der Waals surface area contributed by atoms with Crippen LogP contribution >= 0.6 is 0 Å². The predicted octanol–water partition coefficient (Wildman–Crippen LogP) is 5.54. The molecule has 1 heterocycles. The Kier molecular flexibility index (Phi) is 11.9. The first-order chi connectivity index (χ1) is 11.2. The molecule has 0 aromatic heterocycles. The molecule has 1 fully saturated rings. The molecule has 0 bridgehead atoms. The molecule has 133 valence electrons. The van der Waals surface area contributed by atoms with Gasteiger partial charge in [-0.3, -0.25) is 9.59 Å². The minimum absolute atomic E-state index is 0.0974. The maximum atomic E-state index is 11.4. The van der Waals surface area contributed by atoms with E-state index in [1.165, 1.54) is 83.5 Å². The van der Waals surface area contributed by atoms with Gasteiger partial charge in [0.25, 0.3) is 5.91 Å². The summed E-state index contributed by atoms with van der Waals surface area (Å²) < 4.78 is 0. The third-order valence-electron chi connectivity index (χ3n) is 4.91. The number of nitrogens with zero attached hydrogens (tertiary/aromatic N) is 1. The van der Waals surface area contributed by atoms with Gasteiger partial charge in [-0.15, -0.1) is 0 Å². The smallest absolute Gasteiger partial charge is 0.252 e. The highest BCUT2D eigenvalue weighted by Gasteiger charge is 2.31. The average Bonchev–Trinajstić information content (AvgIpc) is 2.85. The Hall–Kier alpha value is -0.860. The zero-order valence-corrected chi connectivity index (χ0v) is 15.2. The molecule has 0 aliphatic carbocycles. The van der Waals surface area contributed by atoms with Crippen LogP contribution in [0.2, 0.25) is 0 Å². The summed E-state index contributed by atoms with van der Waals surface area (Å²) in [5.41, 5.74) is 0. The van der Waals surface area contributed by atoms with Crippen LogP contribution in [0.3, 0.4) is 0 Å². The number of amides is 2. The second-order valence-corrected chi connectivity index (χ2v) is 7.13. The van der Waals surface area contributed by atoms with Crippen molar-refractivity contribution in [2.75, 3.05) is 0 Å². The molecule has 0 spiro atoms. The van der Waals surface area contributed by atoms with Gasteiger partial charge in [-0.05, 0) is 6.42 Å². The minimum Gasteiger partial charge on any atom is -0.272 e. The van der Waals surface area contributed by atoms with E-state index in [0.717, 1.165) is 12.8 Å². The van der Waals surface area contributed by atoms with Crippen LogP contribution < -0.4 is 5.32 Å². The van der Waals surface area contributed by atoms with E-state index < -0.39 is 0 Å². The first kappa shape index (κ1) is 20.2. The van der Waals surface area contributed by atoms with Crippen molar-refractivity contribution >= 4 is 11.8 Å².